The fourth-order valence-electron chi connectivity index (χ4n) is 2.82. The second-order valence-electron chi connectivity index (χ2n) is 5.43. The van der Waals surface area contributed by atoms with Crippen LogP contribution in [0.3, 0.4) is 0 Å². The molecule has 3 rings (SSSR count). The molecule has 0 aromatic heterocycles. The van der Waals surface area contributed by atoms with Gasteiger partial charge < -0.3 is 14.8 Å². The number of nitrogens with one attached hydrogen (secondary N) is 1. The summed E-state index contributed by atoms with van der Waals surface area (Å²) in [6, 6.07) is 9.75. The fourth-order valence-corrected chi connectivity index (χ4v) is 3.00. The van der Waals surface area contributed by atoms with E-state index in [1.807, 2.05) is 0 Å². The Hall–Kier alpha value is -2.11. The van der Waals surface area contributed by atoms with Crippen molar-refractivity contribution in [2.75, 3.05) is 13.2 Å². The minimum Gasteiger partial charge on any atom is -0.482 e. The van der Waals surface area contributed by atoms with E-state index in [1.54, 1.807) is 31.2 Å². The van der Waals surface area contributed by atoms with E-state index in [4.69, 9.17) is 21.1 Å². The van der Waals surface area contributed by atoms with Crippen molar-refractivity contribution in [3.05, 3.63) is 63.9 Å². The number of halogens is 2. The van der Waals surface area contributed by atoms with Gasteiger partial charge in [0.25, 0.3) is 0 Å². The molecule has 4 nitrogen and oxygen atoms in total. The Labute approximate surface area is 144 Å². The molecule has 1 aliphatic rings. The minimum absolute atomic E-state index is 0.170. The van der Waals surface area contributed by atoms with Gasteiger partial charge in [0.15, 0.2) is 6.61 Å². The third-order valence-corrected chi connectivity index (χ3v) is 4.08. The Morgan fingerprint density at radius 3 is 2.92 bits per heavy atom. The lowest BCUT2D eigenvalue weighted by atomic mass is 9.97. The highest BCUT2D eigenvalue weighted by atomic mass is 35.5. The van der Waals surface area contributed by atoms with Crippen LogP contribution in [-0.2, 0) is 16.1 Å². The summed E-state index contributed by atoms with van der Waals surface area (Å²) in [5, 5.41) is 3.89. The quantitative estimate of drug-likeness (QED) is 0.838. The third-order valence-electron chi connectivity index (χ3n) is 3.85. The Morgan fingerprint density at radius 1 is 1.29 bits per heavy atom. The summed E-state index contributed by atoms with van der Waals surface area (Å²) in [6.07, 6.45) is 0. The number of hydrogen-bond donors (Lipinski definition) is 1. The summed E-state index contributed by atoms with van der Waals surface area (Å²) in [6.45, 7) is 2.43. The van der Waals surface area contributed by atoms with Gasteiger partial charge in [-0.3, -0.25) is 0 Å². The van der Waals surface area contributed by atoms with Crippen LogP contribution in [0.4, 0.5) is 4.39 Å². The van der Waals surface area contributed by atoms with E-state index in [0.717, 1.165) is 16.7 Å². The van der Waals surface area contributed by atoms with Crippen molar-refractivity contribution in [2.24, 2.45) is 0 Å². The first kappa shape index (κ1) is 16.7. The number of hydrogen-bond acceptors (Lipinski definition) is 4. The second-order valence-corrected chi connectivity index (χ2v) is 5.87. The van der Waals surface area contributed by atoms with Gasteiger partial charge in [-0.15, -0.1) is 0 Å². The van der Waals surface area contributed by atoms with Crippen LogP contribution in [0.15, 0.2) is 36.4 Å². The number of rotatable bonds is 5. The first-order valence-corrected chi connectivity index (χ1v) is 8.06. The van der Waals surface area contributed by atoms with Gasteiger partial charge in [-0.2, -0.15) is 0 Å². The van der Waals surface area contributed by atoms with Crippen molar-refractivity contribution in [3.8, 4) is 5.75 Å². The zero-order valence-electron chi connectivity index (χ0n) is 13.1. The van der Waals surface area contributed by atoms with Crippen LogP contribution in [-0.4, -0.2) is 19.2 Å². The van der Waals surface area contributed by atoms with Crippen molar-refractivity contribution in [2.45, 2.75) is 19.5 Å². The average molecular weight is 350 g/mol. The van der Waals surface area contributed by atoms with E-state index in [0.29, 0.717) is 23.9 Å². The van der Waals surface area contributed by atoms with Crippen LogP contribution >= 0.6 is 11.6 Å². The van der Waals surface area contributed by atoms with Crippen molar-refractivity contribution < 1.29 is 18.7 Å². The number of esters is 1. The standard InChI is InChI=1S/C18H17ClFNO3/c1-2-23-17(22)10-24-16-6-3-12(19)8-15(16)18-14-5-4-13(20)7-11(14)9-21-18/h3-8,18,21H,2,9-10H2,1H3. The highest BCUT2D eigenvalue weighted by molar-refractivity contribution is 6.30. The first-order valence-electron chi connectivity index (χ1n) is 7.68. The van der Waals surface area contributed by atoms with Crippen molar-refractivity contribution >= 4 is 17.6 Å². The Bertz CT molecular complexity index is 766. The lowest BCUT2D eigenvalue weighted by molar-refractivity contribution is -0.145. The number of carbonyl (C=O) groups excluding carboxylic acids is 1. The second kappa shape index (κ2) is 7.20. The van der Waals surface area contributed by atoms with E-state index in [-0.39, 0.29) is 18.5 Å². The van der Waals surface area contributed by atoms with Gasteiger partial charge >= 0.3 is 5.97 Å². The number of carbonyl (C=O) groups is 1. The van der Waals surface area contributed by atoms with Gasteiger partial charge in [0.2, 0.25) is 0 Å². The van der Waals surface area contributed by atoms with E-state index in [2.05, 4.69) is 5.32 Å². The summed E-state index contributed by atoms with van der Waals surface area (Å²) in [4.78, 5) is 11.5. The molecule has 1 N–H and O–H groups in total. The molecule has 1 aliphatic heterocycles. The summed E-state index contributed by atoms with van der Waals surface area (Å²) in [5.41, 5.74) is 2.67. The van der Waals surface area contributed by atoms with Gasteiger partial charge in [-0.1, -0.05) is 17.7 Å². The smallest absolute Gasteiger partial charge is 0.344 e. The molecule has 24 heavy (non-hydrogen) atoms. The molecule has 1 atom stereocenters. The normalized spacial score (nSPS) is 15.9. The minimum atomic E-state index is -0.430. The maximum absolute atomic E-state index is 13.4. The molecule has 1 heterocycles. The predicted octanol–water partition coefficient (Wildman–Crippen LogP) is 3.61. The molecule has 6 heteroatoms. The molecule has 2 aromatic rings. The molecule has 2 aromatic carbocycles. The van der Waals surface area contributed by atoms with Crippen LogP contribution in [0.5, 0.6) is 5.75 Å². The van der Waals surface area contributed by atoms with Gasteiger partial charge in [0.1, 0.15) is 11.6 Å². The Morgan fingerprint density at radius 2 is 2.12 bits per heavy atom. The average Bonchev–Trinajstić information content (AvgIpc) is 2.96. The largest absolute Gasteiger partial charge is 0.482 e. The number of fused-ring (bicyclic) bond motifs is 1. The maximum atomic E-state index is 13.4. The monoisotopic (exact) mass is 349 g/mol. The molecular weight excluding hydrogens is 333 g/mol. The topological polar surface area (TPSA) is 47.6 Å². The zero-order valence-corrected chi connectivity index (χ0v) is 13.9. The highest BCUT2D eigenvalue weighted by Gasteiger charge is 2.26. The summed E-state index contributed by atoms with van der Waals surface area (Å²) in [5.74, 6) is -0.150. The molecule has 0 amide bonds. The fraction of sp³-hybridized carbons (Fsp3) is 0.278. The van der Waals surface area contributed by atoms with Gasteiger partial charge in [-0.25, -0.2) is 9.18 Å². The molecule has 0 saturated heterocycles. The molecular formula is C18H17ClFNO3. The molecule has 0 bridgehead atoms. The van der Waals surface area contributed by atoms with Gasteiger partial charge in [-0.05, 0) is 48.4 Å². The summed E-state index contributed by atoms with van der Waals surface area (Å²) in [7, 11) is 0. The highest BCUT2D eigenvalue weighted by Crippen LogP contribution is 2.37. The lowest BCUT2D eigenvalue weighted by Gasteiger charge is -2.18. The van der Waals surface area contributed by atoms with Crippen LogP contribution in [0, 0.1) is 5.82 Å². The molecule has 0 fully saturated rings. The van der Waals surface area contributed by atoms with Crippen molar-refractivity contribution in [1.29, 1.82) is 0 Å². The molecule has 0 aliphatic carbocycles. The Kier molecular flexibility index (Phi) is 5.02. The number of ether oxygens (including phenoxy) is 2. The Balaban J connectivity index is 1.88. The maximum Gasteiger partial charge on any atom is 0.344 e. The van der Waals surface area contributed by atoms with Gasteiger partial charge in [0, 0.05) is 17.1 Å². The third kappa shape index (κ3) is 3.52. The van der Waals surface area contributed by atoms with Crippen LogP contribution in [0.2, 0.25) is 5.02 Å². The van der Waals surface area contributed by atoms with Gasteiger partial charge in [0.05, 0.1) is 12.6 Å². The summed E-state index contributed by atoms with van der Waals surface area (Å²) >= 11 is 6.13. The lowest BCUT2D eigenvalue weighted by Crippen LogP contribution is -2.18. The zero-order chi connectivity index (χ0) is 17.1. The van der Waals surface area contributed by atoms with E-state index in [9.17, 15) is 9.18 Å². The van der Waals surface area contributed by atoms with E-state index < -0.39 is 5.97 Å². The number of benzene rings is 2. The first-order chi connectivity index (χ1) is 11.6. The van der Waals surface area contributed by atoms with Crippen molar-refractivity contribution in [3.63, 3.8) is 0 Å². The van der Waals surface area contributed by atoms with Crippen LogP contribution in [0.1, 0.15) is 29.7 Å². The molecule has 0 spiro atoms. The molecule has 0 saturated carbocycles. The summed E-state index contributed by atoms with van der Waals surface area (Å²) < 4.78 is 23.9. The molecule has 126 valence electrons. The van der Waals surface area contributed by atoms with E-state index >= 15 is 0 Å². The van der Waals surface area contributed by atoms with Crippen LogP contribution in [0.25, 0.3) is 0 Å². The SMILES string of the molecule is CCOC(=O)COc1ccc(Cl)cc1C1NCc2cc(F)ccc21. The molecule has 1 unspecified atom stereocenters. The molecule has 0 radical (unpaired) electrons. The predicted molar refractivity (Wildman–Crippen MR) is 88.7 cm³/mol. The van der Waals surface area contributed by atoms with Crippen molar-refractivity contribution in [1.82, 2.24) is 5.32 Å². The van der Waals surface area contributed by atoms with E-state index in [1.165, 1.54) is 12.1 Å². The van der Waals surface area contributed by atoms with Crippen LogP contribution < -0.4 is 10.1 Å².